The normalized spacial score (nSPS) is 11.0. The molecule has 0 heterocycles. The van der Waals surface area contributed by atoms with Gasteiger partial charge in [0.1, 0.15) is 23.1 Å². The molecule has 162 valence electrons. The Morgan fingerprint density at radius 1 is 1.09 bits per heavy atom. The second-order valence-electron chi connectivity index (χ2n) is 7.18. The summed E-state index contributed by atoms with van der Waals surface area (Å²) in [5.41, 5.74) is 2.65. The molecule has 0 aliphatic heterocycles. The maximum Gasteiger partial charge on any atom is 0.262 e. The smallest absolute Gasteiger partial charge is 0.262 e. The highest BCUT2D eigenvalue weighted by Crippen LogP contribution is 2.30. The molecule has 0 saturated heterocycles. The third-order valence-corrected chi connectivity index (χ3v) is 5.33. The van der Waals surface area contributed by atoms with E-state index < -0.39 is 11.7 Å². The average Bonchev–Trinajstić information content (AvgIpc) is 2.77. The first-order chi connectivity index (χ1) is 15.3. The average molecular weight is 449 g/mol. The zero-order valence-electron chi connectivity index (χ0n) is 17.5. The summed E-state index contributed by atoms with van der Waals surface area (Å²) in [5, 5.41) is 32.1. The van der Waals surface area contributed by atoms with E-state index in [9.17, 15) is 20.3 Å². The number of nitrogens with one attached hydrogen (secondary N) is 1. The zero-order chi connectivity index (χ0) is 23.3. The third kappa shape index (κ3) is 5.39. The Labute approximate surface area is 191 Å². The van der Waals surface area contributed by atoms with Crippen LogP contribution < -0.4 is 10.1 Å². The molecule has 0 radical (unpaired) electrons. The fourth-order valence-corrected chi connectivity index (χ4v) is 3.13. The molecule has 0 atom stereocenters. The van der Waals surface area contributed by atoms with Crippen LogP contribution in [0.5, 0.6) is 23.0 Å². The number of carbonyl (C=O) groups excluding carboxylic acids is 1. The van der Waals surface area contributed by atoms with Crippen LogP contribution in [0.2, 0.25) is 5.02 Å². The van der Waals surface area contributed by atoms with E-state index in [4.69, 9.17) is 16.3 Å². The number of aromatic hydroxyl groups is 2. The van der Waals surface area contributed by atoms with Gasteiger partial charge < -0.3 is 20.3 Å². The lowest BCUT2D eigenvalue weighted by atomic mass is 10.1. The Morgan fingerprint density at radius 2 is 1.75 bits per heavy atom. The van der Waals surface area contributed by atoms with Crippen molar-refractivity contribution in [3.63, 3.8) is 0 Å². The van der Waals surface area contributed by atoms with Crippen LogP contribution in [-0.2, 0) is 11.3 Å². The minimum Gasteiger partial charge on any atom is -0.504 e. The lowest BCUT2D eigenvalue weighted by molar-refractivity contribution is -0.117. The van der Waals surface area contributed by atoms with E-state index in [2.05, 4.69) is 5.32 Å². The number of nitriles is 1. The second kappa shape index (κ2) is 9.90. The van der Waals surface area contributed by atoms with Gasteiger partial charge in [-0.3, -0.25) is 4.79 Å². The van der Waals surface area contributed by atoms with Crippen LogP contribution >= 0.6 is 11.6 Å². The number of nitrogens with zero attached hydrogens (tertiary/aromatic N) is 1. The van der Waals surface area contributed by atoms with E-state index in [0.29, 0.717) is 16.5 Å². The lowest BCUT2D eigenvalue weighted by Gasteiger charge is -2.10. The number of hydrogen-bond donors (Lipinski definition) is 3. The van der Waals surface area contributed by atoms with Crippen molar-refractivity contribution in [1.29, 1.82) is 5.26 Å². The van der Waals surface area contributed by atoms with Gasteiger partial charge in [-0.1, -0.05) is 35.9 Å². The van der Waals surface area contributed by atoms with Gasteiger partial charge in [0, 0.05) is 17.1 Å². The largest absolute Gasteiger partial charge is 0.504 e. The number of ether oxygens (including phenoxy) is 1. The molecule has 0 aliphatic rings. The van der Waals surface area contributed by atoms with E-state index in [1.54, 1.807) is 12.1 Å². The van der Waals surface area contributed by atoms with Crippen LogP contribution in [-0.4, -0.2) is 16.1 Å². The first kappa shape index (κ1) is 22.7. The van der Waals surface area contributed by atoms with Gasteiger partial charge in [0.05, 0.1) is 0 Å². The van der Waals surface area contributed by atoms with E-state index in [-0.39, 0.29) is 23.4 Å². The molecule has 6 nitrogen and oxygen atoms in total. The third-order valence-electron chi connectivity index (χ3n) is 4.73. The summed E-state index contributed by atoms with van der Waals surface area (Å²) in [6, 6.07) is 17.0. The predicted molar refractivity (Wildman–Crippen MR) is 123 cm³/mol. The second-order valence-corrected chi connectivity index (χ2v) is 7.56. The first-order valence-corrected chi connectivity index (χ1v) is 10.1. The van der Waals surface area contributed by atoms with Gasteiger partial charge in [0.25, 0.3) is 5.91 Å². The van der Waals surface area contributed by atoms with Crippen molar-refractivity contribution in [3.8, 4) is 29.1 Å². The Kier molecular flexibility index (Phi) is 7.04. The molecule has 32 heavy (non-hydrogen) atoms. The highest BCUT2D eigenvalue weighted by atomic mass is 35.5. The number of carbonyl (C=O) groups is 1. The number of para-hydroxylation sites is 1. The standard InChI is InChI=1S/C25H21ClN2O4/c1-15-10-21(11-16(2)23(15)26)32-20-8-6-17(7-9-20)14-28-25(31)19(13-27)12-18-4-3-5-22(29)24(18)30/h3-12,29-30H,14H2,1-2H3,(H,28,31)/b19-12+. The molecule has 0 aliphatic carbocycles. The van der Waals surface area contributed by atoms with Crippen LogP contribution in [0.15, 0.2) is 60.2 Å². The topological polar surface area (TPSA) is 103 Å². The maximum absolute atomic E-state index is 12.4. The number of aryl methyl sites for hydroxylation is 2. The Balaban J connectivity index is 1.64. The molecule has 7 heteroatoms. The van der Waals surface area contributed by atoms with E-state index in [0.717, 1.165) is 16.7 Å². The first-order valence-electron chi connectivity index (χ1n) is 9.73. The van der Waals surface area contributed by atoms with Crippen LogP contribution in [0.1, 0.15) is 22.3 Å². The summed E-state index contributed by atoms with van der Waals surface area (Å²) in [6.07, 6.45) is 1.22. The van der Waals surface area contributed by atoms with Crippen LogP contribution in [0.4, 0.5) is 0 Å². The van der Waals surface area contributed by atoms with Crippen molar-refractivity contribution in [2.45, 2.75) is 20.4 Å². The van der Waals surface area contributed by atoms with Crippen molar-refractivity contribution >= 4 is 23.6 Å². The summed E-state index contributed by atoms with van der Waals surface area (Å²) >= 11 is 6.19. The summed E-state index contributed by atoms with van der Waals surface area (Å²) in [4.78, 5) is 12.4. The summed E-state index contributed by atoms with van der Waals surface area (Å²) in [6.45, 7) is 4.03. The maximum atomic E-state index is 12.4. The van der Waals surface area contributed by atoms with E-state index in [1.807, 2.05) is 44.2 Å². The van der Waals surface area contributed by atoms with Gasteiger partial charge >= 0.3 is 0 Å². The predicted octanol–water partition coefficient (Wildman–Crippen LogP) is 5.38. The molecule has 3 aromatic rings. The van der Waals surface area contributed by atoms with Gasteiger partial charge in [-0.25, -0.2) is 0 Å². The molecule has 0 bridgehead atoms. The minimum atomic E-state index is -0.595. The minimum absolute atomic E-state index is 0.172. The Bertz CT molecular complexity index is 1200. The fourth-order valence-electron chi connectivity index (χ4n) is 3.02. The van der Waals surface area contributed by atoms with Gasteiger partial charge in [-0.2, -0.15) is 5.26 Å². The summed E-state index contributed by atoms with van der Waals surface area (Å²) < 4.78 is 5.88. The van der Waals surface area contributed by atoms with Crippen LogP contribution in [0.3, 0.4) is 0 Å². The number of rotatable bonds is 6. The Hall–Kier alpha value is -3.95. The number of phenols is 2. The summed E-state index contributed by atoms with van der Waals surface area (Å²) in [5.74, 6) is 0.00250. The molecule has 0 aromatic heterocycles. The fraction of sp³-hybridized carbons (Fsp3) is 0.120. The highest BCUT2D eigenvalue weighted by molar-refractivity contribution is 6.32. The Morgan fingerprint density at radius 3 is 2.38 bits per heavy atom. The highest BCUT2D eigenvalue weighted by Gasteiger charge is 2.12. The molecule has 0 fully saturated rings. The van der Waals surface area contributed by atoms with Gasteiger partial charge in [0.2, 0.25) is 0 Å². The molecule has 1 amide bonds. The van der Waals surface area contributed by atoms with E-state index in [1.165, 1.54) is 24.3 Å². The number of hydrogen-bond acceptors (Lipinski definition) is 5. The number of benzene rings is 3. The van der Waals surface area contributed by atoms with Crippen molar-refractivity contribution in [3.05, 3.63) is 87.4 Å². The number of halogens is 1. The van der Waals surface area contributed by atoms with Crippen LogP contribution in [0, 0.1) is 25.2 Å². The molecular weight excluding hydrogens is 428 g/mol. The molecular formula is C25H21ClN2O4. The van der Waals surface area contributed by atoms with Crippen molar-refractivity contribution in [2.75, 3.05) is 0 Å². The quantitative estimate of drug-likeness (QED) is 0.267. The van der Waals surface area contributed by atoms with Gasteiger partial charge in [-0.15, -0.1) is 0 Å². The zero-order valence-corrected chi connectivity index (χ0v) is 18.3. The van der Waals surface area contributed by atoms with Gasteiger partial charge in [-0.05, 0) is 66.9 Å². The molecule has 3 N–H and O–H groups in total. The van der Waals surface area contributed by atoms with Crippen molar-refractivity contribution in [1.82, 2.24) is 5.32 Å². The monoisotopic (exact) mass is 448 g/mol. The van der Waals surface area contributed by atoms with Crippen molar-refractivity contribution < 1.29 is 19.7 Å². The number of phenolic OH excluding ortho intramolecular Hbond substituents is 2. The number of amides is 1. The molecule has 0 unspecified atom stereocenters. The molecule has 0 saturated carbocycles. The van der Waals surface area contributed by atoms with Gasteiger partial charge in [0.15, 0.2) is 11.5 Å². The van der Waals surface area contributed by atoms with Crippen molar-refractivity contribution in [2.24, 2.45) is 0 Å². The molecule has 3 rings (SSSR count). The molecule has 3 aromatic carbocycles. The van der Waals surface area contributed by atoms with Crippen LogP contribution in [0.25, 0.3) is 6.08 Å². The SMILES string of the molecule is Cc1cc(Oc2ccc(CNC(=O)/C(C#N)=C/c3cccc(O)c3O)cc2)cc(C)c1Cl. The molecule has 0 spiro atoms. The lowest BCUT2D eigenvalue weighted by Crippen LogP contribution is -2.23. The van der Waals surface area contributed by atoms with E-state index >= 15 is 0 Å². The summed E-state index contributed by atoms with van der Waals surface area (Å²) in [7, 11) is 0.